The van der Waals surface area contributed by atoms with Crippen molar-refractivity contribution >= 4 is 46.5 Å². The number of nitrogens with one attached hydrogen (secondary N) is 2. The summed E-state index contributed by atoms with van der Waals surface area (Å²) in [4.78, 5) is 2.38. The monoisotopic (exact) mass is 402 g/mol. The number of hydrogen-bond acceptors (Lipinski definition) is 3. The van der Waals surface area contributed by atoms with Gasteiger partial charge in [0.15, 0.2) is 5.11 Å². The van der Waals surface area contributed by atoms with E-state index in [2.05, 4.69) is 58.9 Å². The lowest BCUT2D eigenvalue weighted by atomic mass is 10.2. The van der Waals surface area contributed by atoms with E-state index in [1.165, 1.54) is 18.5 Å². The van der Waals surface area contributed by atoms with E-state index in [0.29, 0.717) is 10.1 Å². The van der Waals surface area contributed by atoms with Gasteiger partial charge in [-0.1, -0.05) is 43.1 Å². The second-order valence-electron chi connectivity index (χ2n) is 6.33. The zero-order chi connectivity index (χ0) is 19.6. The lowest BCUT2D eigenvalue weighted by molar-refractivity contribution is 0.732. The predicted molar refractivity (Wildman–Crippen MR) is 122 cm³/mol. The molecule has 2 rings (SSSR count). The molecule has 0 atom stereocenters. The highest BCUT2D eigenvalue weighted by Gasteiger charge is 2.04. The van der Waals surface area contributed by atoms with Crippen LogP contribution in [0.15, 0.2) is 47.6 Å². The third-order valence-corrected chi connectivity index (χ3v) is 4.68. The van der Waals surface area contributed by atoms with E-state index in [1.807, 2.05) is 25.1 Å². The van der Waals surface area contributed by atoms with Crippen LogP contribution in [0.25, 0.3) is 0 Å². The first kappa shape index (κ1) is 21.2. The maximum atomic E-state index is 6.20. The summed E-state index contributed by atoms with van der Waals surface area (Å²) in [6, 6.07) is 14.1. The molecule has 0 spiro atoms. The van der Waals surface area contributed by atoms with Crippen LogP contribution in [0.4, 0.5) is 11.4 Å². The molecule has 0 aliphatic carbocycles. The Morgan fingerprint density at radius 3 is 2.56 bits per heavy atom. The minimum Gasteiger partial charge on any atom is -0.372 e. The molecular weight excluding hydrogens is 376 g/mol. The highest BCUT2D eigenvalue weighted by atomic mass is 35.5. The van der Waals surface area contributed by atoms with Crippen LogP contribution >= 0.6 is 23.8 Å². The average Bonchev–Trinajstić information content (AvgIpc) is 2.66. The predicted octanol–water partition coefficient (Wildman–Crippen LogP) is 5.60. The number of aryl methyl sites for hydroxylation is 1. The first-order chi connectivity index (χ1) is 13.0. The molecule has 0 amide bonds. The SMILES string of the molecule is CCCCN(CC)c1ccc(C=NNC(=S)Nc2ccc(C)cc2Cl)cc1. The zero-order valence-corrected chi connectivity index (χ0v) is 17.7. The second-order valence-corrected chi connectivity index (χ2v) is 7.15. The smallest absolute Gasteiger partial charge is 0.191 e. The number of thiocarbonyl (C=S) groups is 1. The van der Waals surface area contributed by atoms with Gasteiger partial charge in [-0.2, -0.15) is 5.10 Å². The average molecular weight is 403 g/mol. The van der Waals surface area contributed by atoms with E-state index in [0.717, 1.165) is 29.9 Å². The number of nitrogens with zero attached hydrogens (tertiary/aromatic N) is 2. The first-order valence-corrected chi connectivity index (χ1v) is 10.0. The highest BCUT2D eigenvalue weighted by molar-refractivity contribution is 7.80. The van der Waals surface area contributed by atoms with E-state index in [-0.39, 0.29) is 0 Å². The van der Waals surface area contributed by atoms with Crippen molar-refractivity contribution in [3.05, 3.63) is 58.6 Å². The Balaban J connectivity index is 1.89. The third-order valence-electron chi connectivity index (χ3n) is 4.17. The Hall–Kier alpha value is -2.11. The highest BCUT2D eigenvalue weighted by Crippen LogP contribution is 2.22. The summed E-state index contributed by atoms with van der Waals surface area (Å²) in [6.45, 7) is 8.49. The molecule has 0 saturated carbocycles. The number of halogens is 1. The van der Waals surface area contributed by atoms with Gasteiger partial charge < -0.3 is 10.2 Å². The van der Waals surface area contributed by atoms with Gasteiger partial charge in [0.25, 0.3) is 0 Å². The number of unbranched alkanes of at least 4 members (excludes halogenated alkanes) is 1. The topological polar surface area (TPSA) is 39.7 Å². The van der Waals surface area contributed by atoms with Crippen molar-refractivity contribution in [3.63, 3.8) is 0 Å². The van der Waals surface area contributed by atoms with Gasteiger partial charge in [-0.25, -0.2) is 0 Å². The van der Waals surface area contributed by atoms with Crippen LogP contribution in [0, 0.1) is 6.92 Å². The van der Waals surface area contributed by atoms with Crippen LogP contribution in [-0.2, 0) is 0 Å². The molecule has 4 nitrogen and oxygen atoms in total. The van der Waals surface area contributed by atoms with Crippen molar-refractivity contribution in [1.82, 2.24) is 5.43 Å². The lowest BCUT2D eigenvalue weighted by Gasteiger charge is -2.22. The van der Waals surface area contributed by atoms with Crippen molar-refractivity contribution in [1.29, 1.82) is 0 Å². The quantitative estimate of drug-likeness (QED) is 0.342. The van der Waals surface area contributed by atoms with Crippen LogP contribution in [0.3, 0.4) is 0 Å². The van der Waals surface area contributed by atoms with E-state index >= 15 is 0 Å². The molecule has 2 N–H and O–H groups in total. The maximum Gasteiger partial charge on any atom is 0.191 e. The van der Waals surface area contributed by atoms with Crippen molar-refractivity contribution in [2.45, 2.75) is 33.6 Å². The number of benzene rings is 2. The number of hydrogen-bond donors (Lipinski definition) is 2. The lowest BCUT2D eigenvalue weighted by Crippen LogP contribution is -2.24. The summed E-state index contributed by atoms with van der Waals surface area (Å²) in [5.41, 5.74) is 6.92. The largest absolute Gasteiger partial charge is 0.372 e. The number of hydrazone groups is 1. The van der Waals surface area contributed by atoms with Crippen molar-refractivity contribution in [3.8, 4) is 0 Å². The maximum absolute atomic E-state index is 6.20. The molecule has 0 saturated heterocycles. The molecule has 0 aromatic heterocycles. The van der Waals surface area contributed by atoms with Gasteiger partial charge in [-0.05, 0) is 67.9 Å². The van der Waals surface area contributed by atoms with Crippen LogP contribution in [0.1, 0.15) is 37.8 Å². The van der Waals surface area contributed by atoms with Gasteiger partial charge in [0.1, 0.15) is 0 Å². The minimum absolute atomic E-state index is 0.394. The molecule has 2 aromatic carbocycles. The molecule has 6 heteroatoms. The fraction of sp³-hybridized carbons (Fsp3) is 0.333. The Morgan fingerprint density at radius 2 is 1.93 bits per heavy atom. The number of anilines is 2. The second kappa shape index (κ2) is 10.9. The third kappa shape index (κ3) is 6.85. The summed E-state index contributed by atoms with van der Waals surface area (Å²) >= 11 is 11.4. The summed E-state index contributed by atoms with van der Waals surface area (Å²) < 4.78 is 0. The molecule has 0 fully saturated rings. The summed E-state index contributed by atoms with van der Waals surface area (Å²) in [7, 11) is 0. The van der Waals surface area contributed by atoms with E-state index in [4.69, 9.17) is 23.8 Å². The summed E-state index contributed by atoms with van der Waals surface area (Å²) in [6.07, 6.45) is 4.15. The van der Waals surface area contributed by atoms with Gasteiger partial charge in [-0.15, -0.1) is 0 Å². The first-order valence-electron chi connectivity index (χ1n) is 9.24. The van der Waals surface area contributed by atoms with E-state index < -0.39 is 0 Å². The van der Waals surface area contributed by atoms with Crippen LogP contribution < -0.4 is 15.6 Å². The molecule has 0 unspecified atom stereocenters. The van der Waals surface area contributed by atoms with Gasteiger partial charge in [0, 0.05) is 18.8 Å². The molecule has 0 aliphatic heterocycles. The van der Waals surface area contributed by atoms with E-state index in [1.54, 1.807) is 6.21 Å². The molecule has 0 heterocycles. The van der Waals surface area contributed by atoms with Crippen molar-refractivity contribution < 1.29 is 0 Å². The molecule has 144 valence electrons. The van der Waals surface area contributed by atoms with Crippen molar-refractivity contribution in [2.75, 3.05) is 23.3 Å². The Kier molecular flexibility index (Phi) is 8.55. The molecule has 2 aromatic rings. The molecule has 0 bridgehead atoms. The van der Waals surface area contributed by atoms with Crippen LogP contribution in [0.5, 0.6) is 0 Å². The zero-order valence-electron chi connectivity index (χ0n) is 16.1. The van der Waals surface area contributed by atoms with Crippen LogP contribution in [0.2, 0.25) is 5.02 Å². The summed E-state index contributed by atoms with van der Waals surface area (Å²) in [5, 5.41) is 8.26. The normalized spacial score (nSPS) is 10.8. The Labute approximate surface area is 172 Å². The number of rotatable bonds is 8. The molecular formula is C21H27ClN4S. The molecule has 0 radical (unpaired) electrons. The standard InChI is InChI=1S/C21H27ClN4S/c1-4-6-13-26(5-2)18-10-8-17(9-11-18)15-23-25-21(27)24-20-12-7-16(3)14-19(20)22/h7-12,14-15H,4-6,13H2,1-3H3,(H2,24,25,27). The minimum atomic E-state index is 0.394. The molecule has 0 aliphatic rings. The van der Waals surface area contributed by atoms with Gasteiger partial charge in [0.2, 0.25) is 0 Å². The van der Waals surface area contributed by atoms with Gasteiger partial charge in [0.05, 0.1) is 16.9 Å². The fourth-order valence-corrected chi connectivity index (χ4v) is 3.07. The van der Waals surface area contributed by atoms with Crippen molar-refractivity contribution in [2.24, 2.45) is 5.10 Å². The summed E-state index contributed by atoms with van der Waals surface area (Å²) in [5.74, 6) is 0. The molecule has 27 heavy (non-hydrogen) atoms. The van der Waals surface area contributed by atoms with Gasteiger partial charge in [-0.3, -0.25) is 5.43 Å². The Bertz CT molecular complexity index is 774. The van der Waals surface area contributed by atoms with Crippen LogP contribution in [-0.4, -0.2) is 24.4 Å². The Morgan fingerprint density at radius 1 is 1.19 bits per heavy atom. The van der Waals surface area contributed by atoms with Gasteiger partial charge >= 0.3 is 0 Å². The van der Waals surface area contributed by atoms with E-state index in [9.17, 15) is 0 Å². The fourth-order valence-electron chi connectivity index (χ4n) is 2.63.